The average Bonchev–Trinajstić information content (AvgIpc) is 2.17. The first-order valence-electron chi connectivity index (χ1n) is 2.95. The number of rotatable bonds is 2. The summed E-state index contributed by atoms with van der Waals surface area (Å²) in [5.41, 5.74) is 0. The van der Waals surface area contributed by atoms with Crippen molar-refractivity contribution in [2.24, 2.45) is 5.92 Å². The van der Waals surface area contributed by atoms with Crippen LogP contribution in [0.25, 0.3) is 0 Å². The maximum absolute atomic E-state index is 5.82. The normalized spacial score (nSPS) is 36.0. The van der Waals surface area contributed by atoms with Crippen LogP contribution in [0, 0.1) is 5.92 Å². The largest absolute Gasteiger partial charge is 0.353 e. The molecule has 0 radical (unpaired) electrons. The van der Waals surface area contributed by atoms with E-state index >= 15 is 0 Å². The summed E-state index contributed by atoms with van der Waals surface area (Å²) >= 11 is 5.82. The van der Waals surface area contributed by atoms with Gasteiger partial charge in [-0.05, 0) is 12.3 Å². The highest BCUT2D eigenvalue weighted by Gasteiger charge is 2.42. The summed E-state index contributed by atoms with van der Waals surface area (Å²) in [5.74, 6) is 0.648. The Morgan fingerprint density at radius 2 is 2.25 bits per heavy atom. The number of hydrogen-bond acceptors (Lipinski definition) is 1. The standard InChI is InChI=1S/C6H11ClO/c1-5(2)3-6(7)4-8-6/h5H,3-4H2,1-2H3. The van der Waals surface area contributed by atoms with E-state index in [4.69, 9.17) is 16.3 Å². The van der Waals surface area contributed by atoms with Crippen molar-refractivity contribution in [3.8, 4) is 0 Å². The molecule has 1 aliphatic rings. The van der Waals surface area contributed by atoms with E-state index < -0.39 is 0 Å². The minimum absolute atomic E-state index is 0.256. The summed E-state index contributed by atoms with van der Waals surface area (Å²) in [6.45, 7) is 5.03. The van der Waals surface area contributed by atoms with Crippen molar-refractivity contribution in [2.75, 3.05) is 6.61 Å². The predicted molar refractivity (Wildman–Crippen MR) is 34.0 cm³/mol. The van der Waals surface area contributed by atoms with Gasteiger partial charge in [-0.1, -0.05) is 25.4 Å². The quantitative estimate of drug-likeness (QED) is 0.416. The van der Waals surface area contributed by atoms with Gasteiger partial charge in [0.2, 0.25) is 0 Å². The van der Waals surface area contributed by atoms with Gasteiger partial charge in [-0.2, -0.15) is 0 Å². The van der Waals surface area contributed by atoms with Gasteiger partial charge < -0.3 is 4.74 Å². The molecular formula is C6H11ClO. The zero-order valence-electron chi connectivity index (χ0n) is 5.28. The Labute approximate surface area is 55.0 Å². The maximum atomic E-state index is 5.82. The fourth-order valence-electron chi connectivity index (χ4n) is 0.806. The molecule has 1 atom stereocenters. The topological polar surface area (TPSA) is 12.5 Å². The van der Waals surface area contributed by atoms with Crippen LogP contribution in [0.15, 0.2) is 0 Å². The number of hydrogen-bond donors (Lipinski definition) is 0. The minimum Gasteiger partial charge on any atom is -0.353 e. The first-order valence-corrected chi connectivity index (χ1v) is 3.33. The van der Waals surface area contributed by atoms with Crippen molar-refractivity contribution in [1.82, 2.24) is 0 Å². The molecule has 0 aromatic heterocycles. The minimum atomic E-state index is -0.256. The monoisotopic (exact) mass is 134 g/mol. The van der Waals surface area contributed by atoms with Crippen molar-refractivity contribution in [3.05, 3.63) is 0 Å². The van der Waals surface area contributed by atoms with E-state index in [2.05, 4.69) is 13.8 Å². The van der Waals surface area contributed by atoms with Crippen LogP contribution in [-0.2, 0) is 4.74 Å². The van der Waals surface area contributed by atoms with Crippen LogP contribution in [0.5, 0.6) is 0 Å². The molecule has 0 aliphatic carbocycles. The second-order valence-electron chi connectivity index (χ2n) is 2.77. The van der Waals surface area contributed by atoms with Crippen molar-refractivity contribution in [3.63, 3.8) is 0 Å². The summed E-state index contributed by atoms with van der Waals surface area (Å²) in [7, 11) is 0. The Kier molecular flexibility index (Phi) is 1.50. The van der Waals surface area contributed by atoms with Gasteiger partial charge in [0.15, 0.2) is 5.06 Å². The lowest BCUT2D eigenvalue weighted by Crippen LogP contribution is -2.04. The molecule has 1 heterocycles. The molecule has 0 aromatic carbocycles. The fraction of sp³-hybridized carbons (Fsp3) is 1.00. The fourth-order valence-corrected chi connectivity index (χ4v) is 1.17. The van der Waals surface area contributed by atoms with E-state index in [1.54, 1.807) is 0 Å². The molecule has 0 amide bonds. The van der Waals surface area contributed by atoms with Gasteiger partial charge in [-0.25, -0.2) is 0 Å². The molecule has 1 rings (SSSR count). The molecule has 0 spiro atoms. The Hall–Kier alpha value is 0.250. The molecule has 1 saturated heterocycles. The van der Waals surface area contributed by atoms with Gasteiger partial charge in [0.25, 0.3) is 0 Å². The number of epoxide rings is 1. The maximum Gasteiger partial charge on any atom is 0.165 e. The Bertz CT molecular complexity index is 86.5. The molecule has 0 saturated carbocycles. The average molecular weight is 135 g/mol. The molecule has 1 nitrogen and oxygen atoms in total. The zero-order chi connectivity index (χ0) is 6.20. The highest BCUT2D eigenvalue weighted by Crippen LogP contribution is 2.37. The third kappa shape index (κ3) is 1.64. The lowest BCUT2D eigenvalue weighted by molar-refractivity contribution is 0.339. The van der Waals surface area contributed by atoms with Crippen molar-refractivity contribution in [2.45, 2.75) is 25.3 Å². The highest BCUT2D eigenvalue weighted by atomic mass is 35.5. The molecule has 8 heavy (non-hydrogen) atoms. The van der Waals surface area contributed by atoms with Crippen LogP contribution < -0.4 is 0 Å². The second kappa shape index (κ2) is 1.89. The summed E-state index contributed by atoms with van der Waals surface area (Å²) in [4.78, 5) is 0. The van der Waals surface area contributed by atoms with Gasteiger partial charge in [0, 0.05) is 0 Å². The van der Waals surface area contributed by atoms with Crippen LogP contribution in [-0.4, -0.2) is 11.7 Å². The van der Waals surface area contributed by atoms with Crippen LogP contribution in [0.1, 0.15) is 20.3 Å². The first-order chi connectivity index (χ1) is 3.62. The Balaban J connectivity index is 2.19. The molecule has 48 valence electrons. The summed E-state index contributed by atoms with van der Waals surface area (Å²) in [6, 6.07) is 0. The van der Waals surface area contributed by atoms with Gasteiger partial charge in [-0.3, -0.25) is 0 Å². The molecule has 0 bridgehead atoms. The van der Waals surface area contributed by atoms with E-state index in [9.17, 15) is 0 Å². The Morgan fingerprint density at radius 1 is 1.75 bits per heavy atom. The lowest BCUT2D eigenvalue weighted by Gasteiger charge is -2.04. The molecule has 2 heteroatoms. The van der Waals surface area contributed by atoms with Crippen molar-refractivity contribution in [1.29, 1.82) is 0 Å². The molecule has 0 N–H and O–H groups in total. The number of alkyl halides is 1. The summed E-state index contributed by atoms with van der Waals surface area (Å²) < 4.78 is 4.97. The lowest BCUT2D eigenvalue weighted by atomic mass is 10.1. The van der Waals surface area contributed by atoms with Crippen molar-refractivity contribution >= 4 is 11.6 Å². The van der Waals surface area contributed by atoms with Crippen LogP contribution in [0.2, 0.25) is 0 Å². The van der Waals surface area contributed by atoms with E-state index in [1.165, 1.54) is 0 Å². The van der Waals surface area contributed by atoms with Crippen LogP contribution in [0.4, 0.5) is 0 Å². The smallest absolute Gasteiger partial charge is 0.165 e. The van der Waals surface area contributed by atoms with Crippen LogP contribution >= 0.6 is 11.6 Å². The van der Waals surface area contributed by atoms with E-state index in [0.29, 0.717) is 5.92 Å². The number of halogens is 1. The van der Waals surface area contributed by atoms with E-state index in [1.807, 2.05) is 0 Å². The van der Waals surface area contributed by atoms with E-state index in [0.717, 1.165) is 13.0 Å². The zero-order valence-corrected chi connectivity index (χ0v) is 6.03. The summed E-state index contributed by atoms with van der Waals surface area (Å²) in [5, 5.41) is -0.256. The van der Waals surface area contributed by atoms with Gasteiger partial charge in [0.1, 0.15) is 0 Å². The Morgan fingerprint density at radius 3 is 2.38 bits per heavy atom. The molecule has 0 aromatic rings. The van der Waals surface area contributed by atoms with Crippen LogP contribution in [0.3, 0.4) is 0 Å². The summed E-state index contributed by atoms with van der Waals surface area (Å²) in [6.07, 6.45) is 0.981. The molecule has 1 unspecified atom stereocenters. The molecule has 1 fully saturated rings. The third-order valence-corrected chi connectivity index (χ3v) is 1.54. The predicted octanol–water partition coefficient (Wildman–Crippen LogP) is 2.00. The molecular weight excluding hydrogens is 124 g/mol. The SMILES string of the molecule is CC(C)CC1(Cl)CO1. The van der Waals surface area contributed by atoms with E-state index in [-0.39, 0.29) is 5.06 Å². The van der Waals surface area contributed by atoms with Gasteiger partial charge >= 0.3 is 0 Å². The number of ether oxygens (including phenoxy) is 1. The third-order valence-electron chi connectivity index (χ3n) is 1.17. The van der Waals surface area contributed by atoms with Gasteiger partial charge in [0.05, 0.1) is 6.61 Å². The molecule has 1 aliphatic heterocycles. The first kappa shape index (κ1) is 6.37. The van der Waals surface area contributed by atoms with Gasteiger partial charge in [-0.15, -0.1) is 0 Å². The highest BCUT2D eigenvalue weighted by molar-refractivity contribution is 6.24. The second-order valence-corrected chi connectivity index (χ2v) is 3.46. The van der Waals surface area contributed by atoms with Crippen molar-refractivity contribution < 1.29 is 4.74 Å².